The van der Waals surface area contributed by atoms with Gasteiger partial charge in [0.2, 0.25) is 5.91 Å². The number of amides is 1. The van der Waals surface area contributed by atoms with Crippen molar-refractivity contribution >= 4 is 11.6 Å². The van der Waals surface area contributed by atoms with Gasteiger partial charge in [-0.1, -0.05) is 12.8 Å². The molecule has 1 fully saturated rings. The van der Waals surface area contributed by atoms with Gasteiger partial charge in [-0.2, -0.15) is 5.10 Å². The van der Waals surface area contributed by atoms with Gasteiger partial charge in [-0.05, 0) is 51.5 Å². The Morgan fingerprint density at radius 2 is 2.08 bits per heavy atom. The first kappa shape index (κ1) is 17.9. The van der Waals surface area contributed by atoms with Gasteiger partial charge in [0.1, 0.15) is 0 Å². The Hall–Kier alpha value is -1.95. The Labute approximate surface area is 148 Å². The number of hydrogen-bond acceptors (Lipinski definition) is 4. The lowest BCUT2D eigenvalue weighted by atomic mass is 10.0. The van der Waals surface area contributed by atoms with Gasteiger partial charge in [0, 0.05) is 30.4 Å². The highest BCUT2D eigenvalue weighted by molar-refractivity contribution is 5.76. The summed E-state index contributed by atoms with van der Waals surface area (Å²) < 4.78 is 1.85. The Kier molecular flexibility index (Phi) is 5.37. The monoisotopic (exact) mass is 344 g/mol. The number of rotatable bonds is 6. The molecule has 1 saturated carbocycles. The summed E-state index contributed by atoms with van der Waals surface area (Å²) >= 11 is 0. The highest BCUT2D eigenvalue weighted by Gasteiger charge is 2.23. The standard InChI is InChI=1S/C19H28N4O2/c1-12-10-18-21-13(2)16(14(3)23(18)22-12)8-9-19(25)20-11-17(24)15-6-4-5-7-15/h10,15,17,24H,4-9,11H2,1-3H3,(H,20,25). The number of aryl methyl sites for hydroxylation is 3. The lowest BCUT2D eigenvalue weighted by Crippen LogP contribution is -2.35. The van der Waals surface area contributed by atoms with Crippen molar-refractivity contribution in [2.45, 2.75) is 65.4 Å². The minimum Gasteiger partial charge on any atom is -0.391 e. The molecule has 6 nitrogen and oxygen atoms in total. The van der Waals surface area contributed by atoms with Gasteiger partial charge < -0.3 is 10.4 Å². The second-order valence-corrected chi connectivity index (χ2v) is 7.23. The van der Waals surface area contributed by atoms with Crippen molar-refractivity contribution < 1.29 is 9.90 Å². The Balaban J connectivity index is 1.57. The van der Waals surface area contributed by atoms with Gasteiger partial charge >= 0.3 is 0 Å². The topological polar surface area (TPSA) is 79.5 Å². The van der Waals surface area contributed by atoms with E-state index in [0.29, 0.717) is 25.3 Å². The first-order valence-electron chi connectivity index (χ1n) is 9.23. The van der Waals surface area contributed by atoms with Crippen LogP contribution in [0.3, 0.4) is 0 Å². The molecule has 1 atom stereocenters. The Morgan fingerprint density at radius 3 is 2.80 bits per heavy atom. The van der Waals surface area contributed by atoms with Crippen molar-refractivity contribution in [3.05, 3.63) is 28.7 Å². The fourth-order valence-corrected chi connectivity index (χ4v) is 3.86. The van der Waals surface area contributed by atoms with Crippen LogP contribution in [-0.4, -0.2) is 38.3 Å². The summed E-state index contributed by atoms with van der Waals surface area (Å²) in [6.07, 6.45) is 5.14. The number of fused-ring (bicyclic) bond motifs is 1. The summed E-state index contributed by atoms with van der Waals surface area (Å²) in [5, 5.41) is 17.5. The van der Waals surface area contributed by atoms with Crippen LogP contribution in [0.25, 0.3) is 5.65 Å². The van der Waals surface area contributed by atoms with E-state index in [2.05, 4.69) is 15.4 Å². The van der Waals surface area contributed by atoms with Gasteiger partial charge in [-0.25, -0.2) is 9.50 Å². The first-order chi connectivity index (χ1) is 12.0. The van der Waals surface area contributed by atoms with Gasteiger partial charge in [-0.3, -0.25) is 4.79 Å². The van der Waals surface area contributed by atoms with Crippen LogP contribution in [-0.2, 0) is 11.2 Å². The average molecular weight is 344 g/mol. The van der Waals surface area contributed by atoms with Crippen molar-refractivity contribution in [2.75, 3.05) is 6.54 Å². The number of aliphatic hydroxyl groups is 1. The van der Waals surface area contributed by atoms with Gasteiger partial charge in [0.15, 0.2) is 5.65 Å². The smallest absolute Gasteiger partial charge is 0.220 e. The van der Waals surface area contributed by atoms with E-state index >= 15 is 0 Å². The van der Waals surface area contributed by atoms with Gasteiger partial charge in [-0.15, -0.1) is 0 Å². The highest BCUT2D eigenvalue weighted by Crippen LogP contribution is 2.27. The van der Waals surface area contributed by atoms with Crippen molar-refractivity contribution in [3.63, 3.8) is 0 Å². The molecular formula is C19H28N4O2. The van der Waals surface area contributed by atoms with E-state index < -0.39 is 6.10 Å². The number of nitrogens with one attached hydrogen (secondary N) is 1. The van der Waals surface area contributed by atoms with Crippen molar-refractivity contribution in [1.29, 1.82) is 0 Å². The Bertz CT molecular complexity index is 762. The maximum atomic E-state index is 12.2. The van der Waals surface area contributed by atoms with E-state index in [1.807, 2.05) is 31.4 Å². The third-order valence-corrected chi connectivity index (χ3v) is 5.34. The number of aliphatic hydroxyl groups excluding tert-OH is 1. The van der Waals surface area contributed by atoms with Crippen LogP contribution in [0.4, 0.5) is 0 Å². The molecule has 25 heavy (non-hydrogen) atoms. The first-order valence-corrected chi connectivity index (χ1v) is 9.23. The van der Waals surface area contributed by atoms with Gasteiger partial charge in [0.05, 0.1) is 11.8 Å². The molecular weight excluding hydrogens is 316 g/mol. The molecule has 1 amide bonds. The second kappa shape index (κ2) is 7.52. The molecule has 3 rings (SSSR count). The largest absolute Gasteiger partial charge is 0.391 e. The highest BCUT2D eigenvalue weighted by atomic mass is 16.3. The molecule has 2 heterocycles. The van der Waals surface area contributed by atoms with Crippen molar-refractivity contribution in [3.8, 4) is 0 Å². The lowest BCUT2D eigenvalue weighted by Gasteiger charge is -2.18. The zero-order valence-electron chi connectivity index (χ0n) is 15.4. The number of carbonyl (C=O) groups is 1. The van der Waals surface area contributed by atoms with E-state index in [0.717, 1.165) is 41.1 Å². The number of nitrogens with zero attached hydrogens (tertiary/aromatic N) is 3. The van der Waals surface area contributed by atoms with Crippen LogP contribution >= 0.6 is 0 Å². The molecule has 1 aliphatic rings. The molecule has 0 bridgehead atoms. The normalized spacial score (nSPS) is 16.5. The maximum absolute atomic E-state index is 12.2. The zero-order chi connectivity index (χ0) is 18.0. The quantitative estimate of drug-likeness (QED) is 0.842. The third kappa shape index (κ3) is 4.00. The Morgan fingerprint density at radius 1 is 1.36 bits per heavy atom. The van der Waals surface area contributed by atoms with E-state index in [1.165, 1.54) is 12.8 Å². The minimum atomic E-state index is -0.417. The van der Waals surface area contributed by atoms with Crippen LogP contribution in [0, 0.1) is 26.7 Å². The predicted molar refractivity (Wildman–Crippen MR) is 96.5 cm³/mol. The molecule has 1 aliphatic carbocycles. The van der Waals surface area contributed by atoms with Crippen molar-refractivity contribution in [1.82, 2.24) is 19.9 Å². The predicted octanol–water partition coefficient (Wildman–Crippen LogP) is 2.25. The van der Waals surface area contributed by atoms with Crippen LogP contribution in [0.5, 0.6) is 0 Å². The number of hydrogen-bond donors (Lipinski definition) is 2. The molecule has 0 radical (unpaired) electrons. The number of aromatic nitrogens is 3. The molecule has 0 saturated heterocycles. The fourth-order valence-electron chi connectivity index (χ4n) is 3.86. The van der Waals surface area contributed by atoms with E-state index in [4.69, 9.17) is 0 Å². The van der Waals surface area contributed by atoms with E-state index in [-0.39, 0.29) is 5.91 Å². The summed E-state index contributed by atoms with van der Waals surface area (Å²) in [6.45, 7) is 6.31. The average Bonchev–Trinajstić information content (AvgIpc) is 3.21. The fraction of sp³-hybridized carbons (Fsp3) is 0.632. The summed E-state index contributed by atoms with van der Waals surface area (Å²) in [4.78, 5) is 16.8. The molecule has 136 valence electrons. The SMILES string of the molecule is Cc1cc2nc(C)c(CCC(=O)NCC(O)C3CCCC3)c(C)n2n1. The van der Waals surface area contributed by atoms with E-state index in [9.17, 15) is 9.90 Å². The minimum absolute atomic E-state index is 0.0208. The third-order valence-electron chi connectivity index (χ3n) is 5.34. The zero-order valence-corrected chi connectivity index (χ0v) is 15.4. The van der Waals surface area contributed by atoms with Crippen LogP contribution in [0.2, 0.25) is 0 Å². The second-order valence-electron chi connectivity index (χ2n) is 7.23. The van der Waals surface area contributed by atoms with Crippen LogP contribution in [0.15, 0.2) is 6.07 Å². The summed E-state index contributed by atoms with van der Waals surface area (Å²) in [6, 6.07) is 1.96. The summed E-state index contributed by atoms with van der Waals surface area (Å²) in [7, 11) is 0. The molecule has 2 N–H and O–H groups in total. The lowest BCUT2D eigenvalue weighted by molar-refractivity contribution is -0.121. The molecule has 0 aromatic carbocycles. The van der Waals surface area contributed by atoms with Crippen LogP contribution < -0.4 is 5.32 Å². The van der Waals surface area contributed by atoms with Crippen LogP contribution in [0.1, 0.15) is 54.7 Å². The maximum Gasteiger partial charge on any atom is 0.220 e. The summed E-state index contributed by atoms with van der Waals surface area (Å²) in [5.74, 6) is 0.326. The molecule has 6 heteroatoms. The summed E-state index contributed by atoms with van der Waals surface area (Å²) in [5.41, 5.74) is 4.84. The molecule has 1 unspecified atom stereocenters. The molecule has 0 spiro atoms. The van der Waals surface area contributed by atoms with Gasteiger partial charge in [0.25, 0.3) is 0 Å². The van der Waals surface area contributed by atoms with Crippen molar-refractivity contribution in [2.24, 2.45) is 5.92 Å². The number of carbonyl (C=O) groups excluding carboxylic acids is 1. The molecule has 2 aromatic heterocycles. The van der Waals surface area contributed by atoms with E-state index in [1.54, 1.807) is 0 Å². The molecule has 2 aromatic rings. The molecule has 0 aliphatic heterocycles.